The summed E-state index contributed by atoms with van der Waals surface area (Å²) in [4.78, 5) is 15.3. The lowest BCUT2D eigenvalue weighted by molar-refractivity contribution is 0.181. The first kappa shape index (κ1) is 23.7. The van der Waals surface area contributed by atoms with Crippen LogP contribution < -0.4 is 10.2 Å². The molecule has 1 aliphatic carbocycles. The molecule has 1 aliphatic heterocycles. The molecule has 2 fully saturated rings. The summed E-state index contributed by atoms with van der Waals surface area (Å²) in [6.07, 6.45) is 14.7. The lowest BCUT2D eigenvalue weighted by atomic mass is 9.69. The van der Waals surface area contributed by atoms with Gasteiger partial charge in [-0.1, -0.05) is 19.3 Å². The molecule has 1 saturated heterocycles. The molecule has 1 saturated carbocycles. The fourth-order valence-electron chi connectivity index (χ4n) is 5.39. The SMILES string of the molecule is CN(C)c1ncc(C(NCC2(c3ccncc3)CCCCC2)c2nnnn2CC2CCOC2)cn1. The van der Waals surface area contributed by atoms with Crippen LogP contribution in [0.15, 0.2) is 36.9 Å². The van der Waals surface area contributed by atoms with Crippen molar-refractivity contribution in [2.24, 2.45) is 5.92 Å². The smallest absolute Gasteiger partial charge is 0.224 e. The molecule has 2 aliphatic rings. The van der Waals surface area contributed by atoms with Gasteiger partial charge in [-0.3, -0.25) is 4.98 Å². The van der Waals surface area contributed by atoms with E-state index in [9.17, 15) is 0 Å². The Morgan fingerprint density at radius 1 is 1.14 bits per heavy atom. The Hall–Kier alpha value is -2.98. The summed E-state index contributed by atoms with van der Waals surface area (Å²) in [5, 5.41) is 16.7. The van der Waals surface area contributed by atoms with Crippen molar-refractivity contribution in [1.29, 1.82) is 0 Å². The van der Waals surface area contributed by atoms with Crippen molar-refractivity contribution >= 4 is 5.95 Å². The van der Waals surface area contributed by atoms with Gasteiger partial charge in [0.15, 0.2) is 5.82 Å². The number of nitrogens with one attached hydrogen (secondary N) is 1. The number of pyridine rings is 1. The van der Waals surface area contributed by atoms with Gasteiger partial charge in [-0.05, 0) is 47.4 Å². The number of hydrogen-bond acceptors (Lipinski definition) is 9. The first-order chi connectivity index (χ1) is 17.1. The third-order valence-electron chi connectivity index (χ3n) is 7.41. The van der Waals surface area contributed by atoms with Crippen molar-refractivity contribution in [2.75, 3.05) is 38.8 Å². The van der Waals surface area contributed by atoms with E-state index in [1.165, 1.54) is 24.8 Å². The van der Waals surface area contributed by atoms with E-state index in [-0.39, 0.29) is 11.5 Å². The van der Waals surface area contributed by atoms with Crippen LogP contribution in [-0.4, -0.2) is 69.0 Å². The minimum atomic E-state index is -0.218. The maximum atomic E-state index is 5.59. The minimum absolute atomic E-state index is 0.0570. The highest BCUT2D eigenvalue weighted by atomic mass is 16.5. The Labute approximate surface area is 206 Å². The van der Waals surface area contributed by atoms with Crippen LogP contribution >= 0.6 is 0 Å². The maximum absolute atomic E-state index is 5.59. The molecule has 10 nitrogen and oxygen atoms in total. The summed E-state index contributed by atoms with van der Waals surface area (Å²) in [5.41, 5.74) is 2.36. The van der Waals surface area contributed by atoms with Gasteiger partial charge in [-0.2, -0.15) is 0 Å². The Bertz CT molecular complexity index is 1060. The molecule has 35 heavy (non-hydrogen) atoms. The van der Waals surface area contributed by atoms with E-state index in [4.69, 9.17) is 4.74 Å². The van der Waals surface area contributed by atoms with E-state index < -0.39 is 0 Å². The Balaban J connectivity index is 1.45. The summed E-state index contributed by atoms with van der Waals surface area (Å²) >= 11 is 0. The van der Waals surface area contributed by atoms with Crippen LogP contribution in [0.2, 0.25) is 0 Å². The minimum Gasteiger partial charge on any atom is -0.381 e. The van der Waals surface area contributed by atoms with Gasteiger partial charge in [-0.25, -0.2) is 14.6 Å². The molecular formula is C25H35N9O. The zero-order valence-corrected chi connectivity index (χ0v) is 20.7. The summed E-state index contributed by atoms with van der Waals surface area (Å²) in [6, 6.07) is 4.12. The molecule has 0 spiro atoms. The van der Waals surface area contributed by atoms with Crippen molar-refractivity contribution in [3.8, 4) is 0 Å². The van der Waals surface area contributed by atoms with E-state index >= 15 is 0 Å². The molecule has 3 aromatic rings. The van der Waals surface area contributed by atoms with Crippen LogP contribution in [0.25, 0.3) is 0 Å². The molecule has 0 bridgehead atoms. The van der Waals surface area contributed by atoms with Crippen molar-refractivity contribution in [3.05, 3.63) is 53.9 Å². The van der Waals surface area contributed by atoms with Gasteiger partial charge in [-0.15, -0.1) is 5.10 Å². The molecule has 2 unspecified atom stereocenters. The molecule has 186 valence electrons. The van der Waals surface area contributed by atoms with Crippen molar-refractivity contribution in [3.63, 3.8) is 0 Å². The number of ether oxygens (including phenoxy) is 1. The summed E-state index contributed by atoms with van der Waals surface area (Å²) in [7, 11) is 3.88. The van der Waals surface area contributed by atoms with Crippen molar-refractivity contribution in [2.45, 2.75) is 56.5 Å². The number of tetrazole rings is 1. The molecule has 4 heterocycles. The van der Waals surface area contributed by atoms with E-state index in [0.29, 0.717) is 11.9 Å². The highest BCUT2D eigenvalue weighted by Crippen LogP contribution is 2.39. The molecule has 0 amide bonds. The van der Waals surface area contributed by atoms with Crippen molar-refractivity contribution < 1.29 is 4.74 Å². The number of nitrogens with zero attached hydrogens (tertiary/aromatic N) is 8. The fourth-order valence-corrected chi connectivity index (χ4v) is 5.39. The third-order valence-corrected chi connectivity index (χ3v) is 7.41. The summed E-state index contributed by atoms with van der Waals surface area (Å²) in [5.74, 6) is 1.89. The van der Waals surface area contributed by atoms with Gasteiger partial charge in [0.2, 0.25) is 5.95 Å². The van der Waals surface area contributed by atoms with Crippen LogP contribution in [0.1, 0.15) is 61.5 Å². The van der Waals surface area contributed by atoms with Gasteiger partial charge in [0.1, 0.15) is 0 Å². The predicted octanol–water partition coefficient (Wildman–Crippen LogP) is 2.54. The van der Waals surface area contributed by atoms with Gasteiger partial charge in [0, 0.05) is 75.5 Å². The standard InChI is InChI=1S/C25H35N9O/c1-33(2)24-27-14-20(15-28-24)22(23-30-31-32-34(23)16-19-8-13-35-17-19)29-18-25(9-4-3-5-10-25)21-6-11-26-12-7-21/h6-7,11-12,14-15,19,22,29H,3-5,8-10,13,16-18H2,1-2H3. The average molecular weight is 478 g/mol. The normalized spacial score (nSPS) is 20.6. The molecule has 0 radical (unpaired) electrons. The summed E-state index contributed by atoms with van der Waals surface area (Å²) < 4.78 is 7.52. The Morgan fingerprint density at radius 3 is 2.60 bits per heavy atom. The topological polar surface area (TPSA) is 107 Å². The van der Waals surface area contributed by atoms with Crippen molar-refractivity contribution in [1.82, 2.24) is 40.5 Å². The molecule has 3 aromatic heterocycles. The highest BCUT2D eigenvalue weighted by Gasteiger charge is 2.35. The number of rotatable bonds is 9. The predicted molar refractivity (Wildman–Crippen MR) is 132 cm³/mol. The van der Waals surface area contributed by atoms with E-state index in [0.717, 1.165) is 57.0 Å². The second-order valence-corrected chi connectivity index (χ2v) is 10.1. The van der Waals surface area contributed by atoms with Crippen LogP contribution in [-0.2, 0) is 16.7 Å². The molecule has 10 heteroatoms. The van der Waals surface area contributed by atoms with Gasteiger partial charge in [0.25, 0.3) is 0 Å². The van der Waals surface area contributed by atoms with Gasteiger partial charge < -0.3 is 15.0 Å². The second kappa shape index (κ2) is 10.7. The zero-order valence-electron chi connectivity index (χ0n) is 20.7. The zero-order chi connectivity index (χ0) is 24.1. The molecule has 1 N–H and O–H groups in total. The third kappa shape index (κ3) is 5.33. The number of hydrogen-bond donors (Lipinski definition) is 1. The molecule has 5 rings (SSSR count). The lowest BCUT2D eigenvalue weighted by Crippen LogP contribution is -2.42. The van der Waals surface area contributed by atoms with Gasteiger partial charge >= 0.3 is 0 Å². The molecular weight excluding hydrogens is 442 g/mol. The second-order valence-electron chi connectivity index (χ2n) is 10.1. The largest absolute Gasteiger partial charge is 0.381 e. The highest BCUT2D eigenvalue weighted by molar-refractivity contribution is 5.30. The number of aromatic nitrogens is 7. The van der Waals surface area contributed by atoms with Crippen LogP contribution in [0.5, 0.6) is 0 Å². The first-order valence-electron chi connectivity index (χ1n) is 12.6. The first-order valence-corrected chi connectivity index (χ1v) is 12.6. The lowest BCUT2D eigenvalue weighted by Gasteiger charge is -2.39. The maximum Gasteiger partial charge on any atom is 0.224 e. The summed E-state index contributed by atoms with van der Waals surface area (Å²) in [6.45, 7) is 3.12. The average Bonchev–Trinajstić information content (AvgIpc) is 3.58. The quantitative estimate of drug-likeness (QED) is 0.497. The Kier molecular flexibility index (Phi) is 7.29. The van der Waals surface area contributed by atoms with E-state index in [1.54, 1.807) is 0 Å². The van der Waals surface area contributed by atoms with E-state index in [1.807, 2.05) is 48.5 Å². The monoisotopic (exact) mass is 477 g/mol. The Morgan fingerprint density at radius 2 is 1.91 bits per heavy atom. The van der Waals surface area contributed by atoms with Crippen LogP contribution in [0, 0.1) is 5.92 Å². The van der Waals surface area contributed by atoms with E-state index in [2.05, 4.69) is 47.9 Å². The number of anilines is 1. The van der Waals surface area contributed by atoms with Crippen LogP contribution in [0.3, 0.4) is 0 Å². The fraction of sp³-hybridized carbons (Fsp3) is 0.600. The molecule has 0 aromatic carbocycles. The van der Waals surface area contributed by atoms with Gasteiger partial charge in [0.05, 0.1) is 12.6 Å². The van der Waals surface area contributed by atoms with Crippen LogP contribution in [0.4, 0.5) is 5.95 Å². The molecule has 2 atom stereocenters.